The summed E-state index contributed by atoms with van der Waals surface area (Å²) in [6.07, 6.45) is -0.479. The molecule has 0 fully saturated rings. The molecule has 172 valence electrons. The van der Waals surface area contributed by atoms with Crippen LogP contribution in [0.15, 0.2) is 15.5 Å². The van der Waals surface area contributed by atoms with Gasteiger partial charge in [0.2, 0.25) is 0 Å². The Bertz CT molecular complexity index is 738. The number of furan rings is 1. The maximum Gasteiger partial charge on any atom is 0.408 e. The van der Waals surface area contributed by atoms with E-state index in [9.17, 15) is 9.59 Å². The molecule has 30 heavy (non-hydrogen) atoms. The first-order valence-electron chi connectivity index (χ1n) is 9.58. The number of esters is 1. The van der Waals surface area contributed by atoms with Crippen molar-refractivity contribution in [3.05, 3.63) is 23.2 Å². The van der Waals surface area contributed by atoms with Gasteiger partial charge in [-0.05, 0) is 54.5 Å². The summed E-state index contributed by atoms with van der Waals surface area (Å²) in [4.78, 5) is 28.2. The number of methoxy groups -OCH3 is 1. The van der Waals surface area contributed by atoms with E-state index in [1.165, 1.54) is 7.11 Å². The van der Waals surface area contributed by atoms with Gasteiger partial charge in [0.25, 0.3) is 0 Å². The van der Waals surface area contributed by atoms with Gasteiger partial charge in [0, 0.05) is 13.1 Å². The molecule has 0 bridgehead atoms. The number of carbonyl (C=O) groups excluding carboxylic acids is 2. The molecular formula is C20H35IN4O5. The van der Waals surface area contributed by atoms with Crippen molar-refractivity contribution in [2.24, 2.45) is 4.99 Å². The van der Waals surface area contributed by atoms with Gasteiger partial charge in [0.05, 0.1) is 12.6 Å². The molecule has 10 heteroatoms. The van der Waals surface area contributed by atoms with Crippen molar-refractivity contribution in [1.29, 1.82) is 0 Å². The van der Waals surface area contributed by atoms with Crippen molar-refractivity contribution in [1.82, 2.24) is 16.0 Å². The number of amides is 1. The van der Waals surface area contributed by atoms with Crippen LogP contribution in [-0.2, 0) is 16.0 Å². The van der Waals surface area contributed by atoms with Crippen LogP contribution in [0.5, 0.6) is 0 Å². The summed E-state index contributed by atoms with van der Waals surface area (Å²) in [5, 5.41) is 9.16. The quantitative estimate of drug-likeness (QED) is 0.211. The van der Waals surface area contributed by atoms with E-state index in [4.69, 9.17) is 13.9 Å². The average molecular weight is 538 g/mol. The third kappa shape index (κ3) is 10.2. The van der Waals surface area contributed by atoms with E-state index in [0.29, 0.717) is 36.1 Å². The lowest BCUT2D eigenvalue weighted by atomic mass is 10.1. The normalized spacial score (nSPS) is 11.9. The first-order chi connectivity index (χ1) is 13.4. The summed E-state index contributed by atoms with van der Waals surface area (Å²) >= 11 is 0. The summed E-state index contributed by atoms with van der Waals surface area (Å²) < 4.78 is 15.6. The van der Waals surface area contributed by atoms with Gasteiger partial charge in [-0.15, -0.1) is 24.0 Å². The van der Waals surface area contributed by atoms with Gasteiger partial charge in [-0.1, -0.05) is 0 Å². The smallest absolute Gasteiger partial charge is 0.408 e. The van der Waals surface area contributed by atoms with Gasteiger partial charge in [0.15, 0.2) is 5.96 Å². The van der Waals surface area contributed by atoms with Crippen LogP contribution in [0, 0.1) is 6.92 Å². The van der Waals surface area contributed by atoms with Crippen LogP contribution in [0.2, 0.25) is 0 Å². The highest BCUT2D eigenvalue weighted by Gasteiger charge is 2.25. The van der Waals surface area contributed by atoms with E-state index in [2.05, 4.69) is 20.9 Å². The van der Waals surface area contributed by atoms with E-state index < -0.39 is 23.2 Å². The third-order valence-electron chi connectivity index (χ3n) is 3.65. The molecule has 0 saturated heterocycles. The lowest BCUT2D eigenvalue weighted by Crippen LogP contribution is -2.54. The predicted molar refractivity (Wildman–Crippen MR) is 126 cm³/mol. The van der Waals surface area contributed by atoms with Crippen LogP contribution >= 0.6 is 24.0 Å². The molecule has 1 heterocycles. The minimum Gasteiger partial charge on any atom is -0.465 e. The summed E-state index contributed by atoms with van der Waals surface area (Å²) in [6.45, 7) is 14.2. The Balaban J connectivity index is 0.00000841. The Morgan fingerprint density at radius 3 is 2.33 bits per heavy atom. The second-order valence-electron chi connectivity index (χ2n) is 8.23. The van der Waals surface area contributed by atoms with Crippen molar-refractivity contribution < 1.29 is 23.5 Å². The largest absolute Gasteiger partial charge is 0.465 e. The molecule has 9 nitrogen and oxygen atoms in total. The molecule has 0 saturated carbocycles. The highest BCUT2D eigenvalue weighted by Crippen LogP contribution is 2.16. The minimum absolute atomic E-state index is 0. The molecule has 3 N–H and O–H groups in total. The van der Waals surface area contributed by atoms with Crippen molar-refractivity contribution in [2.45, 2.75) is 66.2 Å². The number of hydrogen-bond donors (Lipinski definition) is 3. The monoisotopic (exact) mass is 538 g/mol. The Labute approximate surface area is 195 Å². The molecule has 1 aromatic heterocycles. The summed E-state index contributed by atoms with van der Waals surface area (Å²) in [5.41, 5.74) is -0.746. The number of alkyl carbamates (subject to hydrolysis) is 1. The number of aliphatic imine (C=N–C) groups is 1. The molecule has 0 spiro atoms. The molecular weight excluding hydrogens is 503 g/mol. The second kappa shape index (κ2) is 12.0. The van der Waals surface area contributed by atoms with Gasteiger partial charge in [-0.3, -0.25) is 0 Å². The van der Waals surface area contributed by atoms with Crippen LogP contribution in [-0.4, -0.2) is 49.4 Å². The van der Waals surface area contributed by atoms with E-state index >= 15 is 0 Å². The average Bonchev–Trinajstić information content (AvgIpc) is 2.95. The first-order valence-corrected chi connectivity index (χ1v) is 9.58. The summed E-state index contributed by atoms with van der Waals surface area (Å²) in [5.74, 6) is 1.15. The maximum atomic E-state index is 12.0. The maximum absolute atomic E-state index is 12.0. The molecule has 0 aliphatic rings. The second-order valence-corrected chi connectivity index (χ2v) is 8.23. The fourth-order valence-corrected chi connectivity index (χ4v) is 2.36. The predicted octanol–water partition coefficient (Wildman–Crippen LogP) is 3.35. The summed E-state index contributed by atoms with van der Waals surface area (Å²) in [7, 11) is 1.33. The number of guanidine groups is 1. The van der Waals surface area contributed by atoms with Gasteiger partial charge in [-0.2, -0.15) is 0 Å². The minimum atomic E-state index is -0.572. The lowest BCUT2D eigenvalue weighted by molar-refractivity contribution is 0.0473. The van der Waals surface area contributed by atoms with Crippen LogP contribution in [0.25, 0.3) is 0 Å². The highest BCUT2D eigenvalue weighted by atomic mass is 127. The number of rotatable bonds is 7. The third-order valence-corrected chi connectivity index (χ3v) is 3.65. The van der Waals surface area contributed by atoms with Crippen molar-refractivity contribution in [2.75, 3.05) is 20.2 Å². The molecule has 0 unspecified atom stereocenters. The molecule has 0 aliphatic heterocycles. The fourth-order valence-electron chi connectivity index (χ4n) is 2.36. The van der Waals surface area contributed by atoms with E-state index in [1.54, 1.807) is 13.0 Å². The Morgan fingerprint density at radius 1 is 1.17 bits per heavy atom. The van der Waals surface area contributed by atoms with Crippen LogP contribution in [0.4, 0.5) is 4.79 Å². The zero-order valence-electron chi connectivity index (χ0n) is 19.1. The Kier molecular flexibility index (Phi) is 11.2. The van der Waals surface area contributed by atoms with Crippen molar-refractivity contribution >= 4 is 42.0 Å². The molecule has 1 aromatic rings. The number of carbonyl (C=O) groups is 2. The van der Waals surface area contributed by atoms with Crippen LogP contribution in [0.1, 0.15) is 63.4 Å². The number of halogens is 1. The number of hydrogen-bond acceptors (Lipinski definition) is 6. The fraction of sp³-hybridized carbons (Fsp3) is 0.650. The van der Waals surface area contributed by atoms with E-state index in [1.807, 2.05) is 41.5 Å². The first kappa shape index (κ1) is 28.0. The lowest BCUT2D eigenvalue weighted by Gasteiger charge is -2.29. The van der Waals surface area contributed by atoms with Crippen molar-refractivity contribution in [3.63, 3.8) is 0 Å². The van der Waals surface area contributed by atoms with E-state index in [-0.39, 0.29) is 30.5 Å². The highest BCUT2D eigenvalue weighted by molar-refractivity contribution is 14.0. The molecule has 1 amide bonds. The van der Waals surface area contributed by atoms with Gasteiger partial charge in [0.1, 0.15) is 29.2 Å². The van der Waals surface area contributed by atoms with Crippen LogP contribution < -0.4 is 16.0 Å². The van der Waals surface area contributed by atoms with Gasteiger partial charge >= 0.3 is 12.1 Å². The molecule has 0 atom stereocenters. The Morgan fingerprint density at radius 2 is 1.80 bits per heavy atom. The zero-order valence-corrected chi connectivity index (χ0v) is 21.4. The van der Waals surface area contributed by atoms with E-state index in [0.717, 1.165) is 0 Å². The number of aryl methyl sites for hydroxylation is 1. The van der Waals surface area contributed by atoms with Gasteiger partial charge < -0.3 is 29.8 Å². The number of ether oxygens (including phenoxy) is 2. The number of nitrogens with zero attached hydrogens (tertiary/aromatic N) is 1. The molecule has 0 radical (unpaired) electrons. The molecule has 0 aromatic carbocycles. The Hall–Kier alpha value is -1.98. The topological polar surface area (TPSA) is 114 Å². The van der Waals surface area contributed by atoms with Crippen molar-refractivity contribution in [3.8, 4) is 0 Å². The molecule has 1 rings (SSSR count). The zero-order chi connectivity index (χ0) is 22.2. The van der Waals surface area contributed by atoms with Gasteiger partial charge in [-0.25, -0.2) is 14.6 Å². The number of nitrogens with one attached hydrogen (secondary N) is 3. The molecule has 0 aliphatic carbocycles. The van der Waals surface area contributed by atoms with Crippen LogP contribution in [0.3, 0.4) is 0 Å². The SMILES string of the molecule is CCNC(=NCc1cc(C(=O)OC)c(C)o1)NCC(C)(C)NC(=O)OC(C)(C)C.I. The standard InChI is InChI=1S/C20H34N4O5.HI/c1-9-21-17(22-11-14-10-15(13(2)28-14)16(25)27-8)23-12-20(6,7)24-18(26)29-19(3,4)5;/h10H,9,11-12H2,1-8H3,(H,24,26)(H2,21,22,23);1H. The summed E-state index contributed by atoms with van der Waals surface area (Å²) in [6, 6.07) is 1.63.